The Morgan fingerprint density at radius 3 is 1.85 bits per heavy atom. The van der Waals surface area contributed by atoms with E-state index in [0.717, 1.165) is 6.54 Å². The number of Topliss-reactive ketones (excluding diaryl/α,β-unsaturated/α-hetero) is 2. The standard InChI is InChI=1S/C12H16N.C5H2F6O2.Ag/c1-4-13-9-12(2,3)10-7-5-6-8-11(10)13;6-4(7,8)2(12)1-3(13)5(9,10)11;/h5-9H,4H2,1-3H3;1H2;/q-1;;+1. The Bertz CT molecular complexity index is 646. The van der Waals surface area contributed by atoms with E-state index >= 15 is 0 Å². The van der Waals surface area contributed by atoms with Crippen LogP contribution in [0.25, 0.3) is 0 Å². The molecule has 156 valence electrons. The van der Waals surface area contributed by atoms with Gasteiger partial charge in [0.25, 0.3) is 0 Å². The minimum Gasteiger partial charge on any atom is -0.522 e. The number of hydrogen-bond donors (Lipinski definition) is 0. The monoisotopic (exact) mass is 489 g/mol. The number of hydrogen-bond acceptors (Lipinski definition) is 3. The number of carbonyl (C=O) groups excluding carboxylic acids is 2. The maximum Gasteiger partial charge on any atom is 1.00 e. The maximum atomic E-state index is 11.3. The number of alkyl halides is 6. The Labute approximate surface area is 168 Å². The van der Waals surface area contributed by atoms with Crippen molar-refractivity contribution in [2.75, 3.05) is 11.4 Å². The van der Waals surface area contributed by atoms with Gasteiger partial charge in [-0.05, 0) is 18.2 Å². The molecule has 1 aliphatic heterocycles. The number of para-hydroxylation sites is 1. The third-order valence-corrected chi connectivity index (χ3v) is 3.68. The molecular formula is C17H18AgF6NO2. The van der Waals surface area contributed by atoms with Gasteiger partial charge in [-0.3, -0.25) is 9.59 Å². The molecule has 0 aromatic heterocycles. The molecule has 1 aromatic rings. The largest absolute Gasteiger partial charge is 1.00 e. The topological polar surface area (TPSA) is 37.4 Å². The molecule has 0 atom stereocenters. The van der Waals surface area contributed by atoms with Gasteiger partial charge in [-0.15, -0.1) is 5.41 Å². The molecule has 0 saturated carbocycles. The molecular weight excluding hydrogens is 472 g/mol. The molecule has 10 heteroatoms. The zero-order chi connectivity index (χ0) is 20.3. The average molecular weight is 490 g/mol. The number of benzene rings is 1. The number of halogens is 6. The molecule has 1 aromatic carbocycles. The Kier molecular flexibility index (Phi) is 8.80. The predicted octanol–water partition coefficient (Wildman–Crippen LogP) is 4.60. The maximum absolute atomic E-state index is 11.3. The van der Waals surface area contributed by atoms with Crippen molar-refractivity contribution in [3.8, 4) is 0 Å². The van der Waals surface area contributed by atoms with Crippen molar-refractivity contribution in [3.05, 3.63) is 36.4 Å². The van der Waals surface area contributed by atoms with Crippen LogP contribution >= 0.6 is 0 Å². The Hall–Kier alpha value is -1.32. The van der Waals surface area contributed by atoms with E-state index in [4.69, 9.17) is 0 Å². The van der Waals surface area contributed by atoms with E-state index in [-0.39, 0.29) is 27.8 Å². The van der Waals surface area contributed by atoms with E-state index in [9.17, 15) is 35.9 Å². The van der Waals surface area contributed by atoms with Crippen molar-refractivity contribution in [2.45, 2.75) is 45.0 Å². The summed E-state index contributed by atoms with van der Waals surface area (Å²) < 4.78 is 68.0. The van der Waals surface area contributed by atoms with Crippen molar-refractivity contribution in [3.63, 3.8) is 0 Å². The number of anilines is 1. The summed E-state index contributed by atoms with van der Waals surface area (Å²) in [6, 6.07) is 8.65. The van der Waals surface area contributed by atoms with Gasteiger partial charge in [0.1, 0.15) is 0 Å². The van der Waals surface area contributed by atoms with Gasteiger partial charge in [0.05, 0.1) is 6.42 Å². The zero-order valence-corrected chi connectivity index (χ0v) is 16.1. The van der Waals surface area contributed by atoms with Crippen LogP contribution < -0.4 is 4.90 Å². The first-order chi connectivity index (χ1) is 11.7. The van der Waals surface area contributed by atoms with E-state index in [1.165, 1.54) is 11.3 Å². The number of ketones is 2. The molecule has 2 rings (SSSR count). The number of fused-ring (bicyclic) bond motifs is 1. The smallest absolute Gasteiger partial charge is 0.522 e. The Morgan fingerprint density at radius 2 is 1.44 bits per heavy atom. The van der Waals surface area contributed by atoms with Crippen LogP contribution in [0.1, 0.15) is 32.8 Å². The summed E-state index contributed by atoms with van der Waals surface area (Å²) in [4.78, 5) is 22.1. The number of rotatable bonds is 3. The van der Waals surface area contributed by atoms with Gasteiger partial charge in [0.2, 0.25) is 11.6 Å². The summed E-state index contributed by atoms with van der Waals surface area (Å²) in [6.45, 7) is 10.1. The molecule has 0 radical (unpaired) electrons. The average Bonchev–Trinajstić information content (AvgIpc) is 2.77. The van der Waals surface area contributed by atoms with Crippen LogP contribution in [-0.2, 0) is 37.4 Å². The van der Waals surface area contributed by atoms with E-state index in [1.54, 1.807) is 0 Å². The first kappa shape index (κ1) is 25.7. The summed E-state index contributed by atoms with van der Waals surface area (Å²) in [7, 11) is 0. The molecule has 0 saturated heterocycles. The fourth-order valence-electron chi connectivity index (χ4n) is 2.41. The first-order valence-electron chi connectivity index (χ1n) is 7.62. The Balaban J connectivity index is 0.000000483. The van der Waals surface area contributed by atoms with Gasteiger partial charge in [-0.25, -0.2) is 6.54 Å². The second-order valence-corrected chi connectivity index (χ2v) is 6.17. The van der Waals surface area contributed by atoms with E-state index in [2.05, 4.69) is 56.5 Å². The minimum atomic E-state index is -5.40. The van der Waals surface area contributed by atoms with Crippen LogP contribution in [0.2, 0.25) is 0 Å². The molecule has 0 fully saturated rings. The number of likely N-dealkylation sites (N-methyl/N-ethyl adjacent to an activating group) is 1. The van der Waals surface area contributed by atoms with Crippen LogP contribution in [0.5, 0.6) is 0 Å². The summed E-state index contributed by atoms with van der Waals surface area (Å²) in [6.07, 6.45) is -13.0. The zero-order valence-electron chi connectivity index (χ0n) is 14.6. The summed E-state index contributed by atoms with van der Waals surface area (Å²) >= 11 is 0. The molecule has 0 N–H and O–H groups in total. The molecule has 27 heavy (non-hydrogen) atoms. The summed E-state index contributed by atoms with van der Waals surface area (Å²) in [5.74, 6) is -5.40. The van der Waals surface area contributed by atoms with E-state index in [0.29, 0.717) is 0 Å². The third kappa shape index (κ3) is 6.97. The SMILES string of the molecule is CCN1[CH-]C(C)(C)c2ccccc21.O=C(CC(=O)C(F)(F)F)C(F)(F)F.[Ag+]. The van der Waals surface area contributed by atoms with Crippen molar-refractivity contribution in [1.29, 1.82) is 0 Å². The molecule has 0 amide bonds. The molecule has 1 heterocycles. The van der Waals surface area contributed by atoms with Crippen molar-refractivity contribution in [1.82, 2.24) is 0 Å². The predicted molar refractivity (Wildman–Crippen MR) is 83.5 cm³/mol. The normalized spacial score (nSPS) is 15.2. The van der Waals surface area contributed by atoms with E-state index in [1.807, 2.05) is 0 Å². The molecule has 1 aliphatic rings. The van der Waals surface area contributed by atoms with Crippen LogP contribution in [0.15, 0.2) is 24.3 Å². The van der Waals surface area contributed by atoms with Gasteiger partial charge in [-0.2, -0.15) is 26.3 Å². The van der Waals surface area contributed by atoms with Crippen LogP contribution in [0.3, 0.4) is 0 Å². The van der Waals surface area contributed by atoms with Crippen molar-refractivity contribution >= 4 is 17.3 Å². The van der Waals surface area contributed by atoms with Gasteiger partial charge in [-0.1, -0.05) is 39.0 Å². The third-order valence-electron chi connectivity index (χ3n) is 3.68. The van der Waals surface area contributed by atoms with Crippen LogP contribution in [-0.4, -0.2) is 30.5 Å². The molecule has 0 bridgehead atoms. The summed E-state index contributed by atoms with van der Waals surface area (Å²) in [5.41, 5.74) is 3.01. The van der Waals surface area contributed by atoms with Crippen molar-refractivity contribution in [2.24, 2.45) is 0 Å². The van der Waals surface area contributed by atoms with Gasteiger partial charge in [0.15, 0.2) is 0 Å². The van der Waals surface area contributed by atoms with Gasteiger partial charge in [0, 0.05) is 5.69 Å². The molecule has 3 nitrogen and oxygen atoms in total. The van der Waals surface area contributed by atoms with Gasteiger partial charge < -0.3 is 4.90 Å². The van der Waals surface area contributed by atoms with Crippen LogP contribution in [0.4, 0.5) is 32.0 Å². The number of carbonyl (C=O) groups is 2. The summed E-state index contributed by atoms with van der Waals surface area (Å²) in [5, 5.41) is 0. The second-order valence-electron chi connectivity index (χ2n) is 6.17. The minimum absolute atomic E-state index is 0. The van der Waals surface area contributed by atoms with Gasteiger partial charge >= 0.3 is 34.7 Å². The molecule has 0 unspecified atom stereocenters. The van der Waals surface area contributed by atoms with Crippen molar-refractivity contribution < 1.29 is 58.3 Å². The fraction of sp³-hybridized carbons (Fsp3) is 0.471. The molecule has 0 spiro atoms. The van der Waals surface area contributed by atoms with E-state index < -0.39 is 30.3 Å². The fourth-order valence-corrected chi connectivity index (χ4v) is 2.41. The second kappa shape index (κ2) is 9.25. The number of nitrogens with zero attached hydrogens (tertiary/aromatic N) is 1. The first-order valence-corrected chi connectivity index (χ1v) is 7.62. The molecule has 0 aliphatic carbocycles. The van der Waals surface area contributed by atoms with Crippen LogP contribution in [0, 0.1) is 6.54 Å². The quantitative estimate of drug-likeness (QED) is 0.269. The Morgan fingerprint density at radius 1 is 1.00 bits per heavy atom.